The number of pyridine rings is 1. The van der Waals surface area contributed by atoms with Gasteiger partial charge in [-0.05, 0) is 75.7 Å². The molecule has 4 heterocycles. The van der Waals surface area contributed by atoms with Crippen molar-refractivity contribution in [1.82, 2.24) is 19.9 Å². The Morgan fingerprint density at radius 2 is 2.02 bits per heavy atom. The van der Waals surface area contributed by atoms with Crippen LogP contribution in [0.4, 0.5) is 8.78 Å². The summed E-state index contributed by atoms with van der Waals surface area (Å²) in [5.74, 6) is 2.10. The summed E-state index contributed by atoms with van der Waals surface area (Å²) in [5, 5.41) is 21.7. The molecule has 0 amide bonds. The predicted octanol–water partition coefficient (Wildman–Crippen LogP) is 5.34. The molecule has 2 atom stereocenters. The van der Waals surface area contributed by atoms with Crippen LogP contribution >= 0.6 is 0 Å². The second-order valence-corrected chi connectivity index (χ2v) is 11.7. The van der Waals surface area contributed by atoms with Gasteiger partial charge in [0, 0.05) is 30.5 Å². The Labute approximate surface area is 248 Å². The molecule has 2 aromatic heterocycles. The summed E-state index contributed by atoms with van der Waals surface area (Å²) >= 11 is 0. The molecule has 0 saturated carbocycles. The third-order valence-electron chi connectivity index (χ3n) is 8.32. The summed E-state index contributed by atoms with van der Waals surface area (Å²) in [4.78, 5) is 16.4. The Morgan fingerprint density at radius 1 is 1.19 bits per heavy atom. The summed E-state index contributed by atoms with van der Waals surface area (Å²) in [7, 11) is 0. The van der Waals surface area contributed by atoms with Gasteiger partial charge in [-0.3, -0.25) is 4.90 Å². The highest BCUT2D eigenvalue weighted by molar-refractivity contribution is 6.02. The van der Waals surface area contributed by atoms with Gasteiger partial charge in [0.15, 0.2) is 0 Å². The van der Waals surface area contributed by atoms with E-state index < -0.39 is 12.0 Å². The predicted molar refractivity (Wildman–Crippen MR) is 160 cm³/mol. The van der Waals surface area contributed by atoms with E-state index in [1.165, 1.54) is 18.2 Å². The van der Waals surface area contributed by atoms with Crippen molar-refractivity contribution in [3.05, 3.63) is 47.4 Å². The van der Waals surface area contributed by atoms with Gasteiger partial charge in [0.05, 0.1) is 39.5 Å². The van der Waals surface area contributed by atoms with Crippen LogP contribution in [0.15, 0.2) is 30.3 Å². The van der Waals surface area contributed by atoms with Crippen LogP contribution in [0.1, 0.15) is 50.8 Å². The largest absolute Gasteiger partial charge is 0.508 e. The molecule has 2 aliphatic heterocycles. The number of benzene rings is 2. The average molecular weight is 589 g/mol. The third kappa shape index (κ3) is 5.43. The van der Waals surface area contributed by atoms with Crippen molar-refractivity contribution in [1.29, 1.82) is 0 Å². The number of rotatable bonds is 9. The second-order valence-electron chi connectivity index (χ2n) is 11.7. The number of aliphatic hydroxyl groups is 1. The molecule has 8 nitrogen and oxygen atoms in total. The lowest BCUT2D eigenvalue weighted by Gasteiger charge is -2.30. The molecule has 0 unspecified atom stereocenters. The Morgan fingerprint density at radius 3 is 2.79 bits per heavy atom. The molecule has 0 spiro atoms. The standard InChI is InChI=1S/C33H34F2N4O4/c1-4-23-25(35)9-8-20-13-22(41)14-24(29(20)23)27-15-28-30(31(36-27)43-19(2)3)26(7-5-12-40)37-32(38-28)42-18-33-10-6-11-39(33)17-21(34)16-33/h1,8-9,13-15,19,21,40-41H,5-7,10-12,16-18H2,2-3H3/t21-,33+/m1/s1. The quantitative estimate of drug-likeness (QED) is 0.253. The van der Waals surface area contributed by atoms with Crippen molar-refractivity contribution < 1.29 is 28.5 Å². The zero-order valence-corrected chi connectivity index (χ0v) is 24.2. The molecule has 6 rings (SSSR count). The molecule has 10 heteroatoms. The average Bonchev–Trinajstić information content (AvgIpc) is 3.49. The number of phenols is 1. The highest BCUT2D eigenvalue weighted by atomic mass is 19.1. The molecule has 224 valence electrons. The van der Waals surface area contributed by atoms with E-state index in [9.17, 15) is 19.0 Å². The maximum atomic E-state index is 14.8. The molecular weight excluding hydrogens is 554 g/mol. The SMILES string of the molecule is C#Cc1c(F)ccc2cc(O)cc(-c3cc4nc(OC[C@@]56CCCN5C[C@H](F)C6)nc(CCCO)c4c(OC(C)C)n3)c12. The van der Waals surface area contributed by atoms with Crippen LogP contribution in [0.25, 0.3) is 32.9 Å². The van der Waals surface area contributed by atoms with Gasteiger partial charge in [-0.25, -0.2) is 13.8 Å². The first-order chi connectivity index (χ1) is 20.7. The number of ether oxygens (including phenoxy) is 2. The Kier molecular flexibility index (Phi) is 7.79. The van der Waals surface area contributed by atoms with Crippen LogP contribution in [0, 0.1) is 18.2 Å². The monoisotopic (exact) mass is 588 g/mol. The van der Waals surface area contributed by atoms with Crippen LogP contribution in [-0.2, 0) is 6.42 Å². The Balaban J connectivity index is 1.52. The first kappa shape index (κ1) is 29.0. The summed E-state index contributed by atoms with van der Waals surface area (Å²) < 4.78 is 41.6. The van der Waals surface area contributed by atoms with Gasteiger partial charge >= 0.3 is 6.01 Å². The molecule has 2 aliphatic rings. The van der Waals surface area contributed by atoms with E-state index >= 15 is 0 Å². The van der Waals surface area contributed by atoms with Crippen LogP contribution in [0.2, 0.25) is 0 Å². The summed E-state index contributed by atoms with van der Waals surface area (Å²) in [6.45, 7) is 5.20. The highest BCUT2D eigenvalue weighted by Crippen LogP contribution is 2.41. The third-order valence-corrected chi connectivity index (χ3v) is 8.32. The zero-order valence-electron chi connectivity index (χ0n) is 24.2. The minimum Gasteiger partial charge on any atom is -0.508 e. The number of terminal acetylenes is 1. The number of phenolic OH excluding ortho intramolecular Hbond substituents is 1. The molecule has 2 saturated heterocycles. The molecule has 2 N–H and O–H groups in total. The molecule has 43 heavy (non-hydrogen) atoms. The Bertz CT molecular complexity index is 1740. The number of hydrogen-bond acceptors (Lipinski definition) is 8. The summed E-state index contributed by atoms with van der Waals surface area (Å²) in [5.41, 5.74) is 1.50. The maximum absolute atomic E-state index is 14.8. The number of nitrogens with zero attached hydrogens (tertiary/aromatic N) is 4. The van der Waals surface area contributed by atoms with E-state index in [1.54, 1.807) is 12.1 Å². The molecule has 0 aliphatic carbocycles. The number of aryl methyl sites for hydroxylation is 1. The lowest BCUT2D eigenvalue weighted by Crippen LogP contribution is -2.43. The van der Waals surface area contributed by atoms with Gasteiger partial charge in [-0.1, -0.05) is 12.0 Å². The fraction of sp³-hybridized carbons (Fsp3) is 0.424. The number of aliphatic hydroxyl groups excluding tert-OH is 1. The van der Waals surface area contributed by atoms with Gasteiger partial charge in [-0.2, -0.15) is 9.97 Å². The van der Waals surface area contributed by atoms with Crippen molar-refractivity contribution in [2.24, 2.45) is 0 Å². The minimum absolute atomic E-state index is 0.0382. The van der Waals surface area contributed by atoms with E-state index in [0.29, 0.717) is 64.4 Å². The summed E-state index contributed by atoms with van der Waals surface area (Å²) in [6.07, 6.45) is 7.68. The lowest BCUT2D eigenvalue weighted by atomic mass is 9.95. The topological polar surface area (TPSA) is 101 Å². The van der Waals surface area contributed by atoms with Crippen LogP contribution in [0.3, 0.4) is 0 Å². The van der Waals surface area contributed by atoms with Crippen molar-refractivity contribution >= 4 is 21.7 Å². The number of aromatic hydroxyl groups is 1. The van der Waals surface area contributed by atoms with Gasteiger partial charge in [0.1, 0.15) is 24.3 Å². The van der Waals surface area contributed by atoms with Gasteiger partial charge in [-0.15, -0.1) is 6.42 Å². The maximum Gasteiger partial charge on any atom is 0.317 e. The fourth-order valence-corrected chi connectivity index (χ4v) is 6.52. The first-order valence-corrected chi connectivity index (χ1v) is 14.6. The van der Waals surface area contributed by atoms with E-state index in [2.05, 4.69) is 10.8 Å². The fourth-order valence-electron chi connectivity index (χ4n) is 6.52. The molecule has 2 fully saturated rings. The number of alkyl halides is 1. The normalized spacial score (nSPS) is 20.2. The van der Waals surface area contributed by atoms with E-state index in [0.717, 1.165) is 19.4 Å². The molecular formula is C33H34F2N4O4. The van der Waals surface area contributed by atoms with Gasteiger partial charge < -0.3 is 19.7 Å². The number of fused-ring (bicyclic) bond motifs is 3. The molecule has 4 aromatic rings. The van der Waals surface area contributed by atoms with E-state index in [1.807, 2.05) is 13.8 Å². The first-order valence-electron chi connectivity index (χ1n) is 14.6. The lowest BCUT2D eigenvalue weighted by molar-refractivity contribution is 0.107. The minimum atomic E-state index is -0.888. The van der Waals surface area contributed by atoms with E-state index in [4.69, 9.17) is 30.8 Å². The highest BCUT2D eigenvalue weighted by Gasteiger charge is 2.49. The summed E-state index contributed by atoms with van der Waals surface area (Å²) in [6, 6.07) is 7.68. The molecule has 2 aromatic carbocycles. The second kappa shape index (κ2) is 11.5. The van der Waals surface area contributed by atoms with Crippen LogP contribution in [0.5, 0.6) is 17.6 Å². The molecule has 0 radical (unpaired) electrons. The number of aromatic nitrogens is 3. The van der Waals surface area contributed by atoms with Crippen LogP contribution in [-0.4, -0.2) is 74.2 Å². The van der Waals surface area contributed by atoms with E-state index in [-0.39, 0.29) is 48.1 Å². The van der Waals surface area contributed by atoms with Crippen molar-refractivity contribution in [3.8, 4) is 41.2 Å². The van der Waals surface area contributed by atoms with Crippen LogP contribution < -0.4 is 9.47 Å². The van der Waals surface area contributed by atoms with Crippen molar-refractivity contribution in [2.45, 2.75) is 63.8 Å². The van der Waals surface area contributed by atoms with Crippen molar-refractivity contribution in [3.63, 3.8) is 0 Å². The number of halogens is 2. The zero-order chi connectivity index (χ0) is 30.3. The number of hydrogen-bond donors (Lipinski definition) is 2. The molecule has 0 bridgehead atoms. The van der Waals surface area contributed by atoms with Gasteiger partial charge in [0.2, 0.25) is 5.88 Å². The smallest absolute Gasteiger partial charge is 0.317 e. The Hall–Kier alpha value is -4.07. The van der Waals surface area contributed by atoms with Crippen molar-refractivity contribution in [2.75, 3.05) is 26.3 Å². The van der Waals surface area contributed by atoms with Gasteiger partial charge in [0.25, 0.3) is 0 Å².